The van der Waals surface area contributed by atoms with Gasteiger partial charge in [-0.25, -0.2) is 9.97 Å². The first-order chi connectivity index (χ1) is 29.0. The summed E-state index contributed by atoms with van der Waals surface area (Å²) >= 11 is 0. The van der Waals surface area contributed by atoms with E-state index in [1.807, 2.05) is 6.07 Å². The van der Waals surface area contributed by atoms with Gasteiger partial charge >= 0.3 is 0 Å². The van der Waals surface area contributed by atoms with E-state index in [2.05, 4.69) is 214 Å². The lowest BCUT2D eigenvalue weighted by molar-refractivity contribution is 0.661. The lowest BCUT2D eigenvalue weighted by Gasteiger charge is -2.22. The molecule has 0 fully saturated rings. The van der Waals surface area contributed by atoms with Crippen LogP contribution in [0.25, 0.3) is 100.0 Å². The molecule has 2 heteroatoms. The first-order valence-corrected chi connectivity index (χ1v) is 20.4. The predicted molar refractivity (Wildman–Crippen MR) is 247 cm³/mol. The highest BCUT2D eigenvalue weighted by molar-refractivity contribution is 6.02. The highest BCUT2D eigenvalue weighted by atomic mass is 14.9. The molecule has 10 aromatic rings. The summed E-state index contributed by atoms with van der Waals surface area (Å²) in [6, 6.07) is 74.5. The molecule has 0 unspecified atom stereocenters. The molecule has 0 spiro atoms. The Balaban J connectivity index is 1.17. The summed E-state index contributed by atoms with van der Waals surface area (Å²) < 4.78 is 0. The Morgan fingerprint density at radius 2 is 0.847 bits per heavy atom. The molecule has 59 heavy (non-hydrogen) atoms. The van der Waals surface area contributed by atoms with Crippen LogP contribution < -0.4 is 0 Å². The van der Waals surface area contributed by atoms with Crippen LogP contribution >= 0.6 is 0 Å². The number of rotatable bonds is 6. The molecule has 0 saturated heterocycles. The van der Waals surface area contributed by atoms with Gasteiger partial charge in [-0.15, -0.1) is 0 Å². The maximum atomic E-state index is 5.37. The number of nitrogens with zero attached hydrogens (tertiary/aromatic N) is 2. The predicted octanol–water partition coefficient (Wildman–Crippen LogP) is 15.1. The summed E-state index contributed by atoms with van der Waals surface area (Å²) in [5.41, 5.74) is 17.1. The van der Waals surface area contributed by atoms with Crippen LogP contribution in [0.2, 0.25) is 0 Å². The van der Waals surface area contributed by atoms with E-state index in [4.69, 9.17) is 9.97 Å². The second-order valence-corrected chi connectivity index (χ2v) is 16.2. The quantitative estimate of drug-likeness (QED) is 0.169. The van der Waals surface area contributed by atoms with Crippen molar-refractivity contribution in [2.24, 2.45) is 0 Å². The lowest BCUT2D eigenvalue weighted by Crippen LogP contribution is -2.14. The van der Waals surface area contributed by atoms with Crippen LogP contribution in [0.3, 0.4) is 0 Å². The molecule has 0 N–H and O–H groups in total. The Kier molecular flexibility index (Phi) is 8.20. The third-order valence-electron chi connectivity index (χ3n) is 12.2. The van der Waals surface area contributed by atoms with Crippen molar-refractivity contribution in [3.63, 3.8) is 0 Å². The van der Waals surface area contributed by atoms with Gasteiger partial charge in [0.1, 0.15) is 0 Å². The van der Waals surface area contributed by atoms with E-state index in [1.165, 1.54) is 60.5 Å². The minimum Gasteiger partial charge on any atom is -0.228 e. The van der Waals surface area contributed by atoms with Gasteiger partial charge in [-0.05, 0) is 120 Å². The minimum atomic E-state index is -0.152. The highest BCUT2D eigenvalue weighted by Crippen LogP contribution is 2.53. The van der Waals surface area contributed by atoms with Crippen molar-refractivity contribution in [2.45, 2.75) is 19.3 Å². The Hall–Kier alpha value is -7.42. The van der Waals surface area contributed by atoms with E-state index in [9.17, 15) is 0 Å². The monoisotopic (exact) mass is 752 g/mol. The molecule has 1 aliphatic rings. The van der Waals surface area contributed by atoms with Gasteiger partial charge in [0.15, 0.2) is 5.82 Å². The van der Waals surface area contributed by atoms with Crippen molar-refractivity contribution in [3.8, 4) is 78.4 Å². The van der Waals surface area contributed by atoms with Gasteiger partial charge in [0.25, 0.3) is 0 Å². The van der Waals surface area contributed by atoms with Crippen molar-refractivity contribution < 1.29 is 0 Å². The second kappa shape index (κ2) is 13.9. The molecule has 0 radical (unpaired) electrons. The number of benzene rings is 9. The SMILES string of the molecule is CC1(C)c2cc3ccccc3cc2-c2c(-c3cc(-c4cc(-c5cccc(-c6ccccc6)c5)nc(-c5ccccc5)n4)cc(-c4cccc5ccccc45)c3)cccc21. The van der Waals surface area contributed by atoms with Crippen LogP contribution in [0.4, 0.5) is 0 Å². The van der Waals surface area contributed by atoms with E-state index >= 15 is 0 Å². The van der Waals surface area contributed by atoms with Gasteiger partial charge < -0.3 is 0 Å². The molecule has 0 amide bonds. The Labute approximate surface area is 345 Å². The maximum absolute atomic E-state index is 5.37. The van der Waals surface area contributed by atoms with Gasteiger partial charge in [0.2, 0.25) is 0 Å². The molecule has 2 nitrogen and oxygen atoms in total. The standard InChI is InChI=1S/C57H40N2/c1-57(2)51-29-15-28-49(55(51)50-34-41-21-9-10-22-42(41)35-52(50)57)45-31-44(48-27-14-23-38-18-11-12-26-47(38)48)32-46(33-45)54-36-53(58-56(59-54)39-19-7-4-8-20-39)43-25-13-24-40(30-43)37-16-5-3-6-17-37/h3-36H,1-2H3. The zero-order chi connectivity index (χ0) is 39.5. The minimum absolute atomic E-state index is 0.152. The normalized spacial score (nSPS) is 12.7. The van der Waals surface area contributed by atoms with Gasteiger partial charge in [0.05, 0.1) is 11.4 Å². The molecule has 1 aliphatic carbocycles. The number of fused-ring (bicyclic) bond motifs is 5. The molecule has 0 atom stereocenters. The Morgan fingerprint density at radius 3 is 1.63 bits per heavy atom. The Morgan fingerprint density at radius 1 is 0.322 bits per heavy atom. The molecule has 11 rings (SSSR count). The highest BCUT2D eigenvalue weighted by Gasteiger charge is 2.37. The van der Waals surface area contributed by atoms with Crippen LogP contribution in [0.15, 0.2) is 206 Å². The number of hydrogen-bond acceptors (Lipinski definition) is 2. The summed E-state index contributed by atoms with van der Waals surface area (Å²) in [6.45, 7) is 4.74. The molecule has 9 aromatic carbocycles. The van der Waals surface area contributed by atoms with Crippen LogP contribution in [0, 0.1) is 0 Å². The van der Waals surface area contributed by atoms with E-state index in [-0.39, 0.29) is 5.41 Å². The fourth-order valence-electron chi connectivity index (χ4n) is 9.22. The average molecular weight is 753 g/mol. The first kappa shape index (κ1) is 34.8. The molecule has 278 valence electrons. The van der Waals surface area contributed by atoms with Crippen LogP contribution in [-0.4, -0.2) is 9.97 Å². The first-order valence-electron chi connectivity index (χ1n) is 20.4. The molecule has 1 heterocycles. The van der Waals surface area contributed by atoms with E-state index in [1.54, 1.807) is 0 Å². The van der Waals surface area contributed by atoms with Gasteiger partial charge in [-0.3, -0.25) is 0 Å². The maximum Gasteiger partial charge on any atom is 0.160 e. The zero-order valence-electron chi connectivity index (χ0n) is 33.0. The second-order valence-electron chi connectivity index (χ2n) is 16.2. The molecular weight excluding hydrogens is 713 g/mol. The molecule has 1 aromatic heterocycles. The Bertz CT molecular complexity index is 3230. The molecular formula is C57H40N2. The van der Waals surface area contributed by atoms with Gasteiger partial charge in [0, 0.05) is 22.1 Å². The number of aromatic nitrogens is 2. The third kappa shape index (κ3) is 6.04. The molecule has 0 bridgehead atoms. The fourth-order valence-corrected chi connectivity index (χ4v) is 9.22. The third-order valence-corrected chi connectivity index (χ3v) is 12.2. The fraction of sp³-hybridized carbons (Fsp3) is 0.0526. The van der Waals surface area contributed by atoms with Crippen molar-refractivity contribution in [2.75, 3.05) is 0 Å². The van der Waals surface area contributed by atoms with Crippen molar-refractivity contribution in [3.05, 3.63) is 217 Å². The van der Waals surface area contributed by atoms with E-state index in [0.29, 0.717) is 5.82 Å². The summed E-state index contributed by atoms with van der Waals surface area (Å²) in [4.78, 5) is 10.6. The van der Waals surface area contributed by atoms with Gasteiger partial charge in [-0.1, -0.05) is 178 Å². The summed E-state index contributed by atoms with van der Waals surface area (Å²) in [7, 11) is 0. The lowest BCUT2D eigenvalue weighted by atomic mass is 9.81. The van der Waals surface area contributed by atoms with Crippen LogP contribution in [-0.2, 0) is 5.41 Å². The summed E-state index contributed by atoms with van der Waals surface area (Å²) in [5, 5.41) is 4.97. The average Bonchev–Trinajstić information content (AvgIpc) is 3.53. The van der Waals surface area contributed by atoms with Crippen LogP contribution in [0.1, 0.15) is 25.0 Å². The summed E-state index contributed by atoms with van der Waals surface area (Å²) in [6.07, 6.45) is 0. The topological polar surface area (TPSA) is 25.8 Å². The molecule has 0 saturated carbocycles. The van der Waals surface area contributed by atoms with E-state index in [0.717, 1.165) is 44.8 Å². The smallest absolute Gasteiger partial charge is 0.160 e. The van der Waals surface area contributed by atoms with Crippen molar-refractivity contribution in [1.29, 1.82) is 0 Å². The largest absolute Gasteiger partial charge is 0.228 e. The zero-order valence-corrected chi connectivity index (χ0v) is 33.0. The van der Waals surface area contributed by atoms with E-state index < -0.39 is 0 Å². The molecule has 0 aliphatic heterocycles. The van der Waals surface area contributed by atoms with Crippen molar-refractivity contribution >= 4 is 21.5 Å². The number of hydrogen-bond donors (Lipinski definition) is 0. The van der Waals surface area contributed by atoms with Crippen molar-refractivity contribution in [1.82, 2.24) is 9.97 Å². The van der Waals surface area contributed by atoms with Gasteiger partial charge in [-0.2, -0.15) is 0 Å². The van der Waals surface area contributed by atoms with Crippen LogP contribution in [0.5, 0.6) is 0 Å². The summed E-state index contributed by atoms with van der Waals surface area (Å²) in [5.74, 6) is 0.698.